The second-order valence-corrected chi connectivity index (χ2v) is 8.58. The van der Waals surface area contributed by atoms with Gasteiger partial charge in [-0.25, -0.2) is 9.59 Å². The third kappa shape index (κ3) is 4.75. The molecule has 2 amide bonds. The van der Waals surface area contributed by atoms with Gasteiger partial charge in [-0.2, -0.15) is 0 Å². The van der Waals surface area contributed by atoms with Crippen LogP contribution in [0.3, 0.4) is 0 Å². The molecule has 8 heteroatoms. The second-order valence-electron chi connectivity index (χ2n) is 6.97. The van der Waals surface area contributed by atoms with E-state index in [9.17, 15) is 9.59 Å². The lowest BCUT2D eigenvalue weighted by Gasteiger charge is -2.37. The number of rotatable bonds is 7. The van der Waals surface area contributed by atoms with Gasteiger partial charge in [0.1, 0.15) is 4.32 Å². The number of carbonyl (C=O) groups is 2. The molecule has 2 aliphatic rings. The van der Waals surface area contributed by atoms with E-state index in [2.05, 4.69) is 24.1 Å². The fourth-order valence-electron chi connectivity index (χ4n) is 3.49. The van der Waals surface area contributed by atoms with Crippen LogP contribution >= 0.6 is 24.0 Å². The van der Waals surface area contributed by atoms with E-state index in [-0.39, 0.29) is 12.1 Å². The summed E-state index contributed by atoms with van der Waals surface area (Å²) in [6.45, 7) is 5.77. The predicted molar refractivity (Wildman–Crippen MR) is 120 cm³/mol. The van der Waals surface area contributed by atoms with Crippen molar-refractivity contribution in [1.29, 1.82) is 0 Å². The zero-order chi connectivity index (χ0) is 21.0. The fraction of sp³-hybridized carbons (Fsp3) is 0.476. The number of nitrogens with zero attached hydrogens (tertiary/aromatic N) is 2. The summed E-state index contributed by atoms with van der Waals surface area (Å²) in [5.41, 5.74) is 2.04. The molecular formula is C21H27N3O3S2. The first-order chi connectivity index (χ1) is 14.0. The fourth-order valence-corrected chi connectivity index (χ4v) is 4.93. The number of ether oxygens (including phenoxy) is 1. The quantitative estimate of drug-likeness (QED) is 0.523. The lowest BCUT2D eigenvalue weighted by atomic mass is 9.95. The van der Waals surface area contributed by atoms with Crippen molar-refractivity contribution in [3.63, 3.8) is 0 Å². The van der Waals surface area contributed by atoms with Crippen LogP contribution in [0.5, 0.6) is 0 Å². The van der Waals surface area contributed by atoms with Crippen LogP contribution < -0.4 is 5.32 Å². The summed E-state index contributed by atoms with van der Waals surface area (Å²) in [4.78, 5) is 29.7. The maximum absolute atomic E-state index is 13.0. The number of hydrogen-bond donors (Lipinski definition) is 1. The van der Waals surface area contributed by atoms with E-state index >= 15 is 0 Å². The minimum Gasteiger partial charge on any atom is -0.466 e. The third-order valence-electron chi connectivity index (χ3n) is 5.18. The zero-order valence-corrected chi connectivity index (χ0v) is 18.6. The molecule has 1 N–H and O–H groups in total. The molecule has 0 radical (unpaired) electrons. The van der Waals surface area contributed by atoms with Crippen molar-refractivity contribution in [1.82, 2.24) is 15.1 Å². The molecular weight excluding hydrogens is 406 g/mol. The highest BCUT2D eigenvalue weighted by Gasteiger charge is 2.44. The molecule has 1 unspecified atom stereocenters. The highest BCUT2D eigenvalue weighted by molar-refractivity contribution is 8.23. The number of hydrogen-bond acceptors (Lipinski definition) is 5. The van der Waals surface area contributed by atoms with Crippen molar-refractivity contribution in [3.05, 3.63) is 47.2 Å². The van der Waals surface area contributed by atoms with Crippen LogP contribution in [0.4, 0.5) is 4.79 Å². The Morgan fingerprint density at radius 2 is 1.93 bits per heavy atom. The molecule has 156 valence electrons. The van der Waals surface area contributed by atoms with Gasteiger partial charge in [-0.05, 0) is 32.3 Å². The van der Waals surface area contributed by atoms with Gasteiger partial charge in [0.25, 0.3) is 0 Å². The Morgan fingerprint density at radius 3 is 2.48 bits per heavy atom. The first-order valence-corrected chi connectivity index (χ1v) is 11.3. The number of methoxy groups -OCH3 is 1. The summed E-state index contributed by atoms with van der Waals surface area (Å²) in [5.74, 6) is 0.0291. The number of esters is 1. The average molecular weight is 434 g/mol. The van der Waals surface area contributed by atoms with E-state index in [0.29, 0.717) is 17.0 Å². The summed E-state index contributed by atoms with van der Waals surface area (Å²) in [6, 6.07) is 8.94. The molecule has 1 aliphatic carbocycles. The molecule has 1 heterocycles. The number of amides is 2. The molecule has 0 aromatic heterocycles. The van der Waals surface area contributed by atoms with Crippen molar-refractivity contribution < 1.29 is 14.3 Å². The van der Waals surface area contributed by atoms with Crippen molar-refractivity contribution in [2.45, 2.75) is 38.8 Å². The molecule has 1 aliphatic heterocycles. The van der Waals surface area contributed by atoms with Gasteiger partial charge >= 0.3 is 12.0 Å². The van der Waals surface area contributed by atoms with Crippen molar-refractivity contribution >= 4 is 40.3 Å². The van der Waals surface area contributed by atoms with Crippen molar-refractivity contribution in [2.24, 2.45) is 0 Å². The van der Waals surface area contributed by atoms with Crippen molar-refractivity contribution in [3.8, 4) is 0 Å². The highest BCUT2D eigenvalue weighted by atomic mass is 32.2. The number of thiocarbonyl (C=S) groups is 1. The molecule has 1 fully saturated rings. The van der Waals surface area contributed by atoms with Crippen LogP contribution in [-0.2, 0) is 9.53 Å². The first kappa shape index (κ1) is 21.6. The molecule has 6 nitrogen and oxygen atoms in total. The lowest BCUT2D eigenvalue weighted by molar-refractivity contribution is -0.136. The largest absolute Gasteiger partial charge is 0.466 e. The molecule has 1 atom stereocenters. The Kier molecular flexibility index (Phi) is 7.18. The zero-order valence-electron chi connectivity index (χ0n) is 17.0. The van der Waals surface area contributed by atoms with Crippen LogP contribution in [0.25, 0.3) is 0 Å². The number of benzene rings is 1. The van der Waals surface area contributed by atoms with Gasteiger partial charge in [0.2, 0.25) is 0 Å². The Morgan fingerprint density at radius 1 is 1.28 bits per heavy atom. The van der Waals surface area contributed by atoms with Crippen molar-refractivity contribution in [2.75, 3.05) is 26.0 Å². The van der Waals surface area contributed by atoms with E-state index in [0.717, 1.165) is 35.8 Å². The molecule has 1 aromatic rings. The average Bonchev–Trinajstić information content (AvgIpc) is 3.57. The van der Waals surface area contributed by atoms with Crippen LogP contribution in [0, 0.1) is 0 Å². The Labute approximate surface area is 181 Å². The minimum atomic E-state index is -0.538. The monoisotopic (exact) mass is 433 g/mol. The van der Waals surface area contributed by atoms with Gasteiger partial charge in [0.05, 0.1) is 18.7 Å². The minimum absolute atomic E-state index is 0.129. The maximum atomic E-state index is 13.0. The summed E-state index contributed by atoms with van der Waals surface area (Å²) in [7, 11) is 1.38. The summed E-state index contributed by atoms with van der Waals surface area (Å²) >= 11 is 7.07. The number of nitrogens with one attached hydrogen (secondary N) is 1. The van der Waals surface area contributed by atoms with Gasteiger partial charge in [0, 0.05) is 30.6 Å². The van der Waals surface area contributed by atoms with Crippen LogP contribution in [0.2, 0.25) is 0 Å². The third-order valence-corrected chi connectivity index (χ3v) is 6.72. The van der Waals surface area contributed by atoms with Gasteiger partial charge in [-0.3, -0.25) is 4.90 Å². The smallest absolute Gasteiger partial charge is 0.338 e. The number of thioether (sulfide) groups is 1. The van der Waals surface area contributed by atoms with Crippen LogP contribution in [-0.4, -0.2) is 58.1 Å². The van der Waals surface area contributed by atoms with Gasteiger partial charge in [-0.15, -0.1) is 0 Å². The Hall–Kier alpha value is -2.06. The second kappa shape index (κ2) is 9.63. The van der Waals surface area contributed by atoms with E-state index in [1.807, 2.05) is 30.3 Å². The molecule has 0 spiro atoms. The summed E-state index contributed by atoms with van der Waals surface area (Å²) < 4.78 is 5.89. The molecule has 0 saturated heterocycles. The molecule has 0 bridgehead atoms. The first-order valence-electron chi connectivity index (χ1n) is 9.89. The standard InChI is InChI=1S/C21H27N3O3S2/c1-4-23(5-2)21(28)29-13-16-17(19(25)27-3)18(14-9-7-6-8-10-14)22-20(26)24(16)15-11-12-15/h6-10,15,18H,4-5,11-13H2,1-3H3,(H,22,26). The van der Waals surface area contributed by atoms with E-state index < -0.39 is 12.0 Å². The highest BCUT2D eigenvalue weighted by Crippen LogP contribution is 2.39. The molecule has 3 rings (SSSR count). The maximum Gasteiger partial charge on any atom is 0.338 e. The van der Waals surface area contributed by atoms with Gasteiger partial charge in [-0.1, -0.05) is 54.3 Å². The molecule has 1 saturated carbocycles. The molecule has 1 aromatic carbocycles. The van der Waals surface area contributed by atoms with Crippen LogP contribution in [0.1, 0.15) is 38.3 Å². The van der Waals surface area contributed by atoms with Gasteiger partial charge in [0.15, 0.2) is 0 Å². The van der Waals surface area contributed by atoms with Crippen LogP contribution in [0.15, 0.2) is 41.6 Å². The molecule has 29 heavy (non-hydrogen) atoms. The van der Waals surface area contributed by atoms with E-state index in [4.69, 9.17) is 17.0 Å². The Bertz CT molecular complexity index is 805. The topological polar surface area (TPSA) is 61.9 Å². The Balaban J connectivity index is 2.01. The SMILES string of the molecule is CCN(CC)C(=S)SCC1=C(C(=O)OC)C(c2ccccc2)NC(=O)N1C1CC1. The predicted octanol–water partition coefficient (Wildman–Crippen LogP) is 3.70. The van der Waals surface area contributed by atoms with E-state index in [1.165, 1.54) is 18.9 Å². The number of urea groups is 1. The summed E-state index contributed by atoms with van der Waals surface area (Å²) in [6.07, 6.45) is 1.87. The van der Waals surface area contributed by atoms with Gasteiger partial charge < -0.3 is 15.0 Å². The normalized spacial score (nSPS) is 19.1. The lowest BCUT2D eigenvalue weighted by Crippen LogP contribution is -2.50. The van der Waals surface area contributed by atoms with E-state index in [1.54, 1.807) is 4.90 Å². The number of carbonyl (C=O) groups excluding carboxylic acids is 2. The summed E-state index contributed by atoms with van der Waals surface area (Å²) in [5, 5.41) is 3.01.